The highest BCUT2D eigenvalue weighted by molar-refractivity contribution is 7.79. The van der Waals surface area contributed by atoms with Gasteiger partial charge in [-0.1, -0.05) is 0 Å². The average Bonchev–Trinajstić information content (AvgIpc) is 2.47. The maximum Gasteiger partial charge on any atom is 0.394 e. The van der Waals surface area contributed by atoms with Crippen molar-refractivity contribution in [2.24, 2.45) is 22.9 Å². The molecule has 16 nitrogen and oxygen atoms in total. The fraction of sp³-hybridized carbons (Fsp3) is 0.556. The fourth-order valence-corrected chi connectivity index (χ4v) is 0. The summed E-state index contributed by atoms with van der Waals surface area (Å²) >= 11 is 0. The number of hydrogen-bond donors (Lipinski definition) is 10. The zero-order chi connectivity index (χ0) is 22.5. The Hall–Kier alpha value is -2.41. The molecule has 14 N–H and O–H groups in total. The minimum atomic E-state index is -4.67. The van der Waals surface area contributed by atoms with E-state index in [9.17, 15) is 19.2 Å². The third-order valence-corrected chi connectivity index (χ3v) is 0.913. The van der Waals surface area contributed by atoms with Crippen molar-refractivity contribution in [2.75, 3.05) is 19.6 Å². The number of hydrogen-bond acceptors (Lipinski definition) is 10. The molecule has 0 aliphatic heterocycles. The fourth-order valence-electron chi connectivity index (χ4n) is 0. The quantitative estimate of drug-likeness (QED) is 0.196. The van der Waals surface area contributed by atoms with Crippen LogP contribution in [0.2, 0.25) is 0 Å². The number of nitrogens with two attached hydrogens (primary N) is 4. The Kier molecular flexibility index (Phi) is 30.3. The molecule has 0 aromatic heterocycles. The van der Waals surface area contributed by atoms with Gasteiger partial charge in [-0.05, 0) is 6.92 Å². The van der Waals surface area contributed by atoms with E-state index in [0.717, 1.165) is 0 Å². The monoisotopic (exact) mass is 412 g/mol. The molecule has 17 heteroatoms. The largest absolute Gasteiger partial charge is 0.480 e. The highest BCUT2D eigenvalue weighted by Gasteiger charge is 1.99. The van der Waals surface area contributed by atoms with Crippen LogP contribution in [0.5, 0.6) is 0 Å². The van der Waals surface area contributed by atoms with E-state index in [2.05, 4.69) is 17.2 Å². The summed E-state index contributed by atoms with van der Waals surface area (Å²) in [5, 5.41) is 30.7. The van der Waals surface area contributed by atoms with Gasteiger partial charge in [0.25, 0.3) is 0 Å². The minimum Gasteiger partial charge on any atom is -0.480 e. The Bertz CT molecular complexity index is 452. The van der Waals surface area contributed by atoms with Crippen LogP contribution in [0.3, 0.4) is 0 Å². The number of carbonyl (C=O) groups is 4. The first-order valence-electron chi connectivity index (χ1n) is 5.89. The number of aliphatic carboxylic acids is 4. The molecule has 158 valence electrons. The molecule has 0 rings (SSSR count). The first kappa shape index (κ1) is 34.8. The van der Waals surface area contributed by atoms with Gasteiger partial charge < -0.3 is 43.4 Å². The highest BCUT2D eigenvalue weighted by Crippen LogP contribution is 1.68. The van der Waals surface area contributed by atoms with Crippen molar-refractivity contribution < 1.29 is 57.1 Å². The molecule has 1 unspecified atom stereocenters. The second-order valence-corrected chi connectivity index (χ2v) is 4.26. The van der Waals surface area contributed by atoms with Gasteiger partial charge in [-0.3, -0.25) is 28.3 Å². The Morgan fingerprint density at radius 3 is 0.846 bits per heavy atom. The van der Waals surface area contributed by atoms with E-state index < -0.39 is 40.3 Å². The lowest BCUT2D eigenvalue weighted by Gasteiger charge is -1.90. The van der Waals surface area contributed by atoms with Gasteiger partial charge in [0.05, 0.1) is 19.6 Å². The molecule has 0 spiro atoms. The van der Waals surface area contributed by atoms with E-state index in [4.69, 9.17) is 43.7 Å². The van der Waals surface area contributed by atoms with E-state index >= 15 is 0 Å². The van der Waals surface area contributed by atoms with Crippen molar-refractivity contribution in [3.05, 3.63) is 0 Å². The van der Waals surface area contributed by atoms with E-state index in [-0.39, 0.29) is 19.6 Å². The van der Waals surface area contributed by atoms with E-state index in [1.807, 2.05) is 0 Å². The SMILES string of the molecule is CC(N)C(=O)O.NCC(=O)O.NCC(=O)O.NCC(=O)O.O=S(=O)(O)O. The Labute approximate surface area is 147 Å². The summed E-state index contributed by atoms with van der Waals surface area (Å²) in [6.45, 7) is 0.586. The van der Waals surface area contributed by atoms with Crippen LogP contribution in [0.25, 0.3) is 0 Å². The van der Waals surface area contributed by atoms with Crippen LogP contribution in [0.4, 0.5) is 0 Å². The van der Waals surface area contributed by atoms with Gasteiger partial charge in [0, 0.05) is 0 Å². The summed E-state index contributed by atoms with van der Waals surface area (Å²) < 4.78 is 31.6. The number of carboxylic acids is 4. The maximum atomic E-state index is 9.57. The molecule has 0 radical (unpaired) electrons. The van der Waals surface area contributed by atoms with Crippen molar-refractivity contribution in [3.8, 4) is 0 Å². The van der Waals surface area contributed by atoms with E-state index in [1.54, 1.807) is 0 Å². The zero-order valence-corrected chi connectivity index (χ0v) is 14.4. The Morgan fingerprint density at radius 1 is 0.769 bits per heavy atom. The smallest absolute Gasteiger partial charge is 0.394 e. The lowest BCUT2D eigenvalue weighted by atomic mass is 10.4. The van der Waals surface area contributed by atoms with Gasteiger partial charge in [-0.2, -0.15) is 8.42 Å². The van der Waals surface area contributed by atoms with Gasteiger partial charge in [-0.15, -0.1) is 0 Å². The zero-order valence-electron chi connectivity index (χ0n) is 13.5. The van der Waals surface area contributed by atoms with Crippen molar-refractivity contribution >= 4 is 34.3 Å². The molecular weight excluding hydrogens is 388 g/mol. The molecule has 0 saturated heterocycles. The predicted octanol–water partition coefficient (Wildman–Crippen LogP) is -4.15. The lowest BCUT2D eigenvalue weighted by Crippen LogP contribution is -2.25. The summed E-state index contributed by atoms with van der Waals surface area (Å²) in [7, 11) is -4.67. The van der Waals surface area contributed by atoms with E-state index in [1.165, 1.54) is 6.92 Å². The molecule has 26 heavy (non-hydrogen) atoms. The summed E-state index contributed by atoms with van der Waals surface area (Å²) in [4.78, 5) is 37.3. The molecule has 0 fully saturated rings. The lowest BCUT2D eigenvalue weighted by molar-refractivity contribution is -0.138. The van der Waals surface area contributed by atoms with Crippen LogP contribution in [-0.4, -0.2) is 87.5 Å². The number of carboxylic acid groups (broad SMARTS) is 4. The summed E-state index contributed by atoms with van der Waals surface area (Å²) in [5.74, 6) is -3.87. The molecule has 0 aliphatic rings. The third-order valence-electron chi connectivity index (χ3n) is 0.913. The Morgan fingerprint density at radius 2 is 0.846 bits per heavy atom. The van der Waals surface area contributed by atoms with Gasteiger partial charge in [-0.25, -0.2) is 0 Å². The topological polar surface area (TPSA) is 328 Å². The summed E-state index contributed by atoms with van der Waals surface area (Å²) in [5.41, 5.74) is 18.6. The first-order chi connectivity index (χ1) is 11.5. The molecule has 0 amide bonds. The second-order valence-electron chi connectivity index (χ2n) is 3.37. The van der Waals surface area contributed by atoms with Crippen LogP contribution < -0.4 is 22.9 Å². The van der Waals surface area contributed by atoms with Crippen molar-refractivity contribution in [1.82, 2.24) is 0 Å². The third kappa shape index (κ3) is 159. The maximum absolute atomic E-state index is 9.57. The molecule has 0 saturated carbocycles. The number of rotatable bonds is 4. The van der Waals surface area contributed by atoms with Crippen LogP contribution in [0.15, 0.2) is 0 Å². The van der Waals surface area contributed by atoms with Gasteiger partial charge >= 0.3 is 34.3 Å². The van der Waals surface area contributed by atoms with Crippen LogP contribution in [0, 0.1) is 0 Å². The van der Waals surface area contributed by atoms with Crippen LogP contribution in [0.1, 0.15) is 6.92 Å². The normalized spacial score (nSPS) is 9.65. The van der Waals surface area contributed by atoms with E-state index in [0.29, 0.717) is 0 Å². The molecule has 0 bridgehead atoms. The molecule has 0 aliphatic carbocycles. The predicted molar refractivity (Wildman–Crippen MR) is 85.5 cm³/mol. The summed E-state index contributed by atoms with van der Waals surface area (Å²) in [6, 6.07) is -0.731. The minimum absolute atomic E-state index is 0.278. The standard InChI is InChI=1S/C3H7NO2.3C2H5NO2.H2O4S/c1-2(4)3(5)6;3*3-1-2(4)5;1-5(2,3)4/h2H,4H2,1H3,(H,5,6);3*1,3H2,(H,4,5);(H2,1,2,3,4). The molecule has 0 aromatic carbocycles. The van der Waals surface area contributed by atoms with Gasteiger partial charge in [0.2, 0.25) is 0 Å². The van der Waals surface area contributed by atoms with Crippen LogP contribution in [-0.2, 0) is 29.6 Å². The second kappa shape index (κ2) is 22.6. The van der Waals surface area contributed by atoms with Crippen LogP contribution >= 0.6 is 0 Å². The highest BCUT2D eigenvalue weighted by atomic mass is 32.3. The molecular formula is C9H24N4O12S. The van der Waals surface area contributed by atoms with Gasteiger partial charge in [0.15, 0.2) is 0 Å². The summed E-state index contributed by atoms with van der Waals surface area (Å²) in [6.07, 6.45) is 0. The molecule has 0 heterocycles. The molecule has 0 aromatic rings. The van der Waals surface area contributed by atoms with Crippen molar-refractivity contribution in [2.45, 2.75) is 13.0 Å². The first-order valence-corrected chi connectivity index (χ1v) is 7.29. The average molecular weight is 412 g/mol. The molecule has 1 atom stereocenters. The Balaban J connectivity index is -0.0000000708. The van der Waals surface area contributed by atoms with Crippen molar-refractivity contribution in [1.29, 1.82) is 0 Å². The van der Waals surface area contributed by atoms with Gasteiger partial charge in [0.1, 0.15) is 6.04 Å². The van der Waals surface area contributed by atoms with Crippen molar-refractivity contribution in [3.63, 3.8) is 0 Å².